The molecule has 2 aromatic rings. The predicted octanol–water partition coefficient (Wildman–Crippen LogP) is 6.09. The van der Waals surface area contributed by atoms with E-state index in [9.17, 15) is 4.79 Å². The summed E-state index contributed by atoms with van der Waals surface area (Å²) in [6.45, 7) is 2.27. The quantitative estimate of drug-likeness (QED) is 0.275. The van der Waals surface area contributed by atoms with Gasteiger partial charge in [0, 0.05) is 6.42 Å². The molecule has 2 rings (SSSR count). The van der Waals surface area contributed by atoms with Crippen molar-refractivity contribution in [1.82, 2.24) is 14.9 Å². The minimum Gasteiger partial charge on any atom is -0.244 e. The van der Waals surface area contributed by atoms with Crippen molar-refractivity contribution in [1.29, 1.82) is 0 Å². The zero-order valence-corrected chi connectivity index (χ0v) is 18.1. The van der Waals surface area contributed by atoms with E-state index < -0.39 is 0 Å². The lowest BCUT2D eigenvalue weighted by Gasteiger charge is -2.03. The van der Waals surface area contributed by atoms with Gasteiger partial charge >= 0.3 is 5.69 Å². The molecule has 29 heavy (non-hydrogen) atoms. The van der Waals surface area contributed by atoms with E-state index in [1.807, 2.05) is 30.3 Å². The van der Waals surface area contributed by atoms with Crippen LogP contribution in [0.3, 0.4) is 0 Å². The van der Waals surface area contributed by atoms with E-state index in [1.54, 1.807) is 6.21 Å². The molecule has 0 spiro atoms. The number of nitrogens with zero attached hydrogens (tertiary/aromatic N) is 3. The van der Waals surface area contributed by atoms with Gasteiger partial charge in [0.1, 0.15) is 0 Å². The molecule has 0 radical (unpaired) electrons. The maximum Gasteiger partial charge on any atom is 0.364 e. The van der Waals surface area contributed by atoms with Crippen molar-refractivity contribution in [2.45, 2.75) is 96.8 Å². The molecule has 1 heterocycles. The summed E-state index contributed by atoms with van der Waals surface area (Å²) in [6, 6.07) is 9.78. The lowest BCUT2D eigenvalue weighted by Crippen LogP contribution is -2.15. The average molecular weight is 399 g/mol. The molecule has 0 unspecified atom stereocenters. The maximum absolute atomic E-state index is 11.9. The van der Waals surface area contributed by atoms with Crippen LogP contribution in [-0.2, 0) is 6.42 Å². The average Bonchev–Trinajstić information content (AvgIpc) is 3.10. The molecule has 0 bridgehead atoms. The molecule has 1 aromatic heterocycles. The first-order chi connectivity index (χ1) is 14.3. The highest BCUT2D eigenvalue weighted by Gasteiger charge is 2.06. The fraction of sp³-hybridized carbons (Fsp3) is 0.625. The number of aryl methyl sites for hydroxylation is 1. The van der Waals surface area contributed by atoms with E-state index in [0.717, 1.165) is 18.4 Å². The summed E-state index contributed by atoms with van der Waals surface area (Å²) in [7, 11) is 0. The molecule has 0 saturated heterocycles. The van der Waals surface area contributed by atoms with Gasteiger partial charge in [-0.3, -0.25) is 0 Å². The first-order valence-corrected chi connectivity index (χ1v) is 11.6. The molecule has 0 atom stereocenters. The summed E-state index contributed by atoms with van der Waals surface area (Å²) in [6.07, 6.45) is 19.8. The third kappa shape index (κ3) is 9.73. The topological polar surface area (TPSA) is 63.0 Å². The van der Waals surface area contributed by atoms with Gasteiger partial charge in [-0.25, -0.2) is 9.89 Å². The highest BCUT2D eigenvalue weighted by Crippen LogP contribution is 2.13. The van der Waals surface area contributed by atoms with Crippen molar-refractivity contribution in [2.24, 2.45) is 5.10 Å². The second kappa shape index (κ2) is 14.8. The summed E-state index contributed by atoms with van der Waals surface area (Å²) in [4.78, 5) is 11.9. The molecule has 0 aliphatic carbocycles. The van der Waals surface area contributed by atoms with Gasteiger partial charge in [0.15, 0.2) is 5.82 Å². The first-order valence-electron chi connectivity index (χ1n) is 11.6. The molecule has 0 aliphatic heterocycles. The zero-order chi connectivity index (χ0) is 20.6. The summed E-state index contributed by atoms with van der Waals surface area (Å²) in [5, 5.41) is 10.9. The van der Waals surface area contributed by atoms with Crippen LogP contribution in [0.15, 0.2) is 40.2 Å². The monoisotopic (exact) mass is 398 g/mol. The lowest BCUT2D eigenvalue weighted by molar-refractivity contribution is 0.537. The summed E-state index contributed by atoms with van der Waals surface area (Å²) in [5.74, 6) is 0.713. The number of nitrogens with one attached hydrogen (secondary N) is 1. The van der Waals surface area contributed by atoms with Gasteiger partial charge in [-0.1, -0.05) is 114 Å². The second-order valence-electron chi connectivity index (χ2n) is 7.90. The van der Waals surface area contributed by atoms with Crippen LogP contribution in [-0.4, -0.2) is 21.1 Å². The predicted molar refractivity (Wildman–Crippen MR) is 122 cm³/mol. The molecule has 5 heteroatoms. The van der Waals surface area contributed by atoms with Crippen LogP contribution in [0, 0.1) is 0 Å². The third-order valence-electron chi connectivity index (χ3n) is 5.34. The standard InChI is InChI=1S/C24H38N4O/c1-2-3-4-5-6-7-8-9-10-11-12-13-17-20-23-26-27-24(29)28(23)25-21-22-18-15-14-16-19-22/h14-16,18-19,21H,2-13,17,20H2,1H3,(H,27,29). The Morgan fingerprint density at radius 2 is 1.41 bits per heavy atom. The number of hydrogen-bond acceptors (Lipinski definition) is 3. The second-order valence-corrected chi connectivity index (χ2v) is 7.90. The Morgan fingerprint density at radius 3 is 2.00 bits per heavy atom. The number of unbranched alkanes of at least 4 members (excludes halogenated alkanes) is 12. The normalized spacial score (nSPS) is 11.5. The Balaban J connectivity index is 1.55. The molecule has 1 N–H and O–H groups in total. The molecular weight excluding hydrogens is 360 g/mol. The van der Waals surface area contributed by atoms with Gasteiger partial charge < -0.3 is 0 Å². The van der Waals surface area contributed by atoms with Crippen molar-refractivity contribution in [3.8, 4) is 0 Å². The first kappa shape index (κ1) is 23.1. The minimum atomic E-state index is -0.276. The molecule has 0 aliphatic rings. The summed E-state index contributed by atoms with van der Waals surface area (Å²) < 4.78 is 1.38. The Kier molecular flexibility index (Phi) is 11.8. The van der Waals surface area contributed by atoms with Gasteiger partial charge in [-0.2, -0.15) is 14.9 Å². The van der Waals surface area contributed by atoms with E-state index in [1.165, 1.54) is 81.7 Å². The van der Waals surface area contributed by atoms with Gasteiger partial charge in [-0.05, 0) is 12.0 Å². The van der Waals surface area contributed by atoms with Gasteiger partial charge in [-0.15, -0.1) is 0 Å². The van der Waals surface area contributed by atoms with E-state index in [-0.39, 0.29) is 5.69 Å². The van der Waals surface area contributed by atoms with Crippen molar-refractivity contribution in [3.63, 3.8) is 0 Å². The van der Waals surface area contributed by atoms with E-state index in [2.05, 4.69) is 22.2 Å². The maximum atomic E-state index is 11.9. The van der Waals surface area contributed by atoms with Crippen LogP contribution in [0.5, 0.6) is 0 Å². The number of aromatic nitrogens is 3. The summed E-state index contributed by atoms with van der Waals surface area (Å²) >= 11 is 0. The molecule has 160 valence electrons. The minimum absolute atomic E-state index is 0.276. The number of hydrogen-bond donors (Lipinski definition) is 1. The number of H-pyrrole nitrogens is 1. The SMILES string of the molecule is CCCCCCCCCCCCCCCc1n[nH]c(=O)n1N=Cc1ccccc1. The largest absolute Gasteiger partial charge is 0.364 e. The smallest absolute Gasteiger partial charge is 0.244 e. The van der Waals surface area contributed by atoms with Crippen LogP contribution < -0.4 is 5.69 Å². The molecule has 0 amide bonds. The lowest BCUT2D eigenvalue weighted by atomic mass is 10.0. The van der Waals surface area contributed by atoms with Gasteiger partial charge in [0.05, 0.1) is 6.21 Å². The van der Waals surface area contributed by atoms with Crippen LogP contribution in [0.25, 0.3) is 0 Å². The number of aromatic amines is 1. The Labute approximate surface area is 175 Å². The molecule has 5 nitrogen and oxygen atoms in total. The van der Waals surface area contributed by atoms with Gasteiger partial charge in [0.2, 0.25) is 0 Å². The van der Waals surface area contributed by atoms with Crippen LogP contribution in [0.4, 0.5) is 0 Å². The Morgan fingerprint density at radius 1 is 0.862 bits per heavy atom. The van der Waals surface area contributed by atoms with Crippen molar-refractivity contribution >= 4 is 6.21 Å². The Hall–Kier alpha value is -2.17. The van der Waals surface area contributed by atoms with Gasteiger partial charge in [0.25, 0.3) is 0 Å². The van der Waals surface area contributed by atoms with Crippen LogP contribution in [0.1, 0.15) is 102 Å². The highest BCUT2D eigenvalue weighted by molar-refractivity contribution is 5.79. The van der Waals surface area contributed by atoms with E-state index in [4.69, 9.17) is 0 Å². The fourth-order valence-electron chi connectivity index (χ4n) is 3.57. The highest BCUT2D eigenvalue weighted by atomic mass is 16.2. The number of benzene rings is 1. The molecule has 0 fully saturated rings. The van der Waals surface area contributed by atoms with Crippen molar-refractivity contribution < 1.29 is 0 Å². The third-order valence-corrected chi connectivity index (χ3v) is 5.34. The summed E-state index contributed by atoms with van der Waals surface area (Å²) in [5.41, 5.74) is 0.689. The van der Waals surface area contributed by atoms with Crippen molar-refractivity contribution in [3.05, 3.63) is 52.2 Å². The molecule has 1 aromatic carbocycles. The zero-order valence-electron chi connectivity index (χ0n) is 18.1. The van der Waals surface area contributed by atoms with Crippen molar-refractivity contribution in [2.75, 3.05) is 0 Å². The van der Waals surface area contributed by atoms with Crippen LogP contribution >= 0.6 is 0 Å². The van der Waals surface area contributed by atoms with E-state index in [0.29, 0.717) is 5.82 Å². The fourth-order valence-corrected chi connectivity index (χ4v) is 3.57. The van der Waals surface area contributed by atoms with E-state index >= 15 is 0 Å². The molecular formula is C24H38N4O. The number of rotatable bonds is 16. The van der Waals surface area contributed by atoms with Crippen LogP contribution in [0.2, 0.25) is 0 Å². The Bertz CT molecular complexity index is 733. The molecule has 0 saturated carbocycles.